The standard InChI is InChI=1S/C10H11BrN2O/c1-3-4-10(14)13-8-5-6-9(11)12-7(8)2/h3,5-6H,1,4H2,2H3,(H,13,14). The van der Waals surface area contributed by atoms with Gasteiger partial charge in [0.05, 0.1) is 11.4 Å². The van der Waals surface area contributed by atoms with Gasteiger partial charge in [-0.1, -0.05) is 6.08 Å². The number of nitrogens with one attached hydrogen (secondary N) is 1. The van der Waals surface area contributed by atoms with Crippen molar-refractivity contribution >= 4 is 27.5 Å². The van der Waals surface area contributed by atoms with E-state index in [4.69, 9.17) is 0 Å². The zero-order valence-corrected chi connectivity index (χ0v) is 9.47. The van der Waals surface area contributed by atoms with Crippen molar-refractivity contribution < 1.29 is 4.79 Å². The number of anilines is 1. The van der Waals surface area contributed by atoms with Crippen LogP contribution in [0, 0.1) is 6.92 Å². The van der Waals surface area contributed by atoms with E-state index in [9.17, 15) is 4.79 Å². The molecule has 0 aliphatic carbocycles. The molecule has 1 rings (SSSR count). The largest absolute Gasteiger partial charge is 0.324 e. The predicted octanol–water partition coefficient (Wildman–Crippen LogP) is 2.67. The van der Waals surface area contributed by atoms with Crippen LogP contribution in [0.1, 0.15) is 12.1 Å². The van der Waals surface area contributed by atoms with Crippen molar-refractivity contribution in [3.8, 4) is 0 Å². The Labute approximate surface area is 91.4 Å². The third-order valence-electron chi connectivity index (χ3n) is 1.66. The average Bonchev–Trinajstić information content (AvgIpc) is 2.10. The molecule has 3 nitrogen and oxygen atoms in total. The van der Waals surface area contributed by atoms with E-state index in [0.717, 1.165) is 16.0 Å². The summed E-state index contributed by atoms with van der Waals surface area (Å²) >= 11 is 3.25. The summed E-state index contributed by atoms with van der Waals surface area (Å²) in [6.45, 7) is 5.34. The van der Waals surface area contributed by atoms with E-state index in [-0.39, 0.29) is 5.91 Å². The molecular formula is C10H11BrN2O. The highest BCUT2D eigenvalue weighted by atomic mass is 79.9. The second-order valence-electron chi connectivity index (χ2n) is 2.81. The van der Waals surface area contributed by atoms with Gasteiger partial charge in [0.2, 0.25) is 5.91 Å². The van der Waals surface area contributed by atoms with E-state index in [1.807, 2.05) is 13.0 Å². The highest BCUT2D eigenvalue weighted by Gasteiger charge is 2.03. The molecule has 0 saturated carbocycles. The number of rotatable bonds is 3. The summed E-state index contributed by atoms with van der Waals surface area (Å²) in [5, 5.41) is 2.74. The first-order valence-corrected chi connectivity index (χ1v) is 4.96. The van der Waals surface area contributed by atoms with E-state index >= 15 is 0 Å². The Morgan fingerprint density at radius 1 is 1.71 bits per heavy atom. The smallest absolute Gasteiger partial charge is 0.228 e. The van der Waals surface area contributed by atoms with Gasteiger partial charge in [0, 0.05) is 6.42 Å². The molecule has 1 heterocycles. The number of halogens is 1. The fourth-order valence-electron chi connectivity index (χ4n) is 0.995. The maximum absolute atomic E-state index is 11.2. The second-order valence-corrected chi connectivity index (χ2v) is 3.62. The van der Waals surface area contributed by atoms with Crippen LogP contribution in [0.3, 0.4) is 0 Å². The molecule has 0 spiro atoms. The number of pyridine rings is 1. The van der Waals surface area contributed by atoms with Crippen molar-refractivity contribution in [2.75, 3.05) is 5.32 Å². The second kappa shape index (κ2) is 4.91. The van der Waals surface area contributed by atoms with Gasteiger partial charge >= 0.3 is 0 Å². The van der Waals surface area contributed by atoms with Gasteiger partial charge in [-0.25, -0.2) is 4.98 Å². The van der Waals surface area contributed by atoms with E-state index in [0.29, 0.717) is 6.42 Å². The number of nitrogens with zero attached hydrogens (tertiary/aromatic N) is 1. The molecule has 1 amide bonds. The summed E-state index contributed by atoms with van der Waals surface area (Å²) in [6.07, 6.45) is 1.88. The number of carbonyl (C=O) groups is 1. The van der Waals surface area contributed by atoms with Crippen LogP contribution < -0.4 is 5.32 Å². The Morgan fingerprint density at radius 3 is 3.00 bits per heavy atom. The molecule has 0 atom stereocenters. The first-order chi connectivity index (χ1) is 6.63. The molecule has 1 aromatic rings. The lowest BCUT2D eigenvalue weighted by atomic mass is 10.3. The van der Waals surface area contributed by atoms with Crippen LogP contribution in [0.4, 0.5) is 5.69 Å². The minimum Gasteiger partial charge on any atom is -0.324 e. The Kier molecular flexibility index (Phi) is 3.83. The van der Waals surface area contributed by atoms with Gasteiger partial charge in [-0.05, 0) is 35.0 Å². The summed E-state index contributed by atoms with van der Waals surface area (Å²) in [5.74, 6) is -0.0766. The number of hydrogen-bond donors (Lipinski definition) is 1. The van der Waals surface area contributed by atoms with Crippen molar-refractivity contribution in [1.82, 2.24) is 4.98 Å². The Hall–Kier alpha value is -1.16. The topological polar surface area (TPSA) is 42.0 Å². The summed E-state index contributed by atoms with van der Waals surface area (Å²) < 4.78 is 0.761. The molecule has 0 fully saturated rings. The molecular weight excluding hydrogens is 244 g/mol. The monoisotopic (exact) mass is 254 g/mol. The quantitative estimate of drug-likeness (QED) is 0.666. The highest BCUT2D eigenvalue weighted by molar-refractivity contribution is 9.10. The summed E-state index contributed by atoms with van der Waals surface area (Å²) in [4.78, 5) is 15.4. The molecule has 14 heavy (non-hydrogen) atoms. The van der Waals surface area contributed by atoms with Crippen LogP contribution in [-0.4, -0.2) is 10.9 Å². The number of aromatic nitrogens is 1. The normalized spacial score (nSPS) is 9.57. The van der Waals surface area contributed by atoms with Crippen LogP contribution in [-0.2, 0) is 4.79 Å². The number of aryl methyl sites for hydroxylation is 1. The molecule has 0 aliphatic heterocycles. The molecule has 4 heteroatoms. The lowest BCUT2D eigenvalue weighted by molar-refractivity contribution is -0.115. The van der Waals surface area contributed by atoms with Crippen molar-refractivity contribution in [3.05, 3.63) is 35.1 Å². The summed E-state index contributed by atoms with van der Waals surface area (Å²) in [6, 6.07) is 3.60. The molecule has 0 aliphatic rings. The zero-order valence-electron chi connectivity index (χ0n) is 7.88. The number of hydrogen-bond acceptors (Lipinski definition) is 2. The minimum atomic E-state index is -0.0766. The zero-order chi connectivity index (χ0) is 10.6. The Bertz CT molecular complexity index is 363. The van der Waals surface area contributed by atoms with Gasteiger partial charge in [-0.2, -0.15) is 0 Å². The van der Waals surface area contributed by atoms with Crippen LogP contribution in [0.5, 0.6) is 0 Å². The van der Waals surface area contributed by atoms with Gasteiger partial charge in [-0.3, -0.25) is 4.79 Å². The highest BCUT2D eigenvalue weighted by Crippen LogP contribution is 2.16. The van der Waals surface area contributed by atoms with Crippen molar-refractivity contribution in [2.24, 2.45) is 0 Å². The lowest BCUT2D eigenvalue weighted by Crippen LogP contribution is -2.11. The molecule has 0 unspecified atom stereocenters. The molecule has 0 radical (unpaired) electrons. The molecule has 1 aromatic heterocycles. The maximum atomic E-state index is 11.2. The number of carbonyl (C=O) groups excluding carboxylic acids is 1. The van der Waals surface area contributed by atoms with E-state index in [2.05, 4.69) is 32.8 Å². The third-order valence-corrected chi connectivity index (χ3v) is 2.10. The summed E-state index contributed by atoms with van der Waals surface area (Å²) in [5.41, 5.74) is 1.52. The van der Waals surface area contributed by atoms with Gasteiger partial charge in [0.25, 0.3) is 0 Å². The molecule has 0 saturated heterocycles. The molecule has 0 aromatic carbocycles. The van der Waals surface area contributed by atoms with Crippen molar-refractivity contribution in [1.29, 1.82) is 0 Å². The fourth-order valence-corrected chi connectivity index (χ4v) is 1.39. The lowest BCUT2D eigenvalue weighted by Gasteiger charge is -2.06. The van der Waals surface area contributed by atoms with Crippen molar-refractivity contribution in [2.45, 2.75) is 13.3 Å². The Morgan fingerprint density at radius 2 is 2.43 bits per heavy atom. The molecule has 74 valence electrons. The van der Waals surface area contributed by atoms with E-state index in [1.54, 1.807) is 12.1 Å². The van der Waals surface area contributed by atoms with Crippen molar-refractivity contribution in [3.63, 3.8) is 0 Å². The SMILES string of the molecule is C=CCC(=O)Nc1ccc(Br)nc1C. The number of amides is 1. The minimum absolute atomic E-state index is 0.0766. The first-order valence-electron chi connectivity index (χ1n) is 4.17. The third kappa shape index (κ3) is 2.96. The van der Waals surface area contributed by atoms with Gasteiger partial charge in [0.15, 0.2) is 0 Å². The Balaban J connectivity index is 2.76. The van der Waals surface area contributed by atoms with Gasteiger partial charge < -0.3 is 5.32 Å². The molecule has 1 N–H and O–H groups in total. The predicted molar refractivity (Wildman–Crippen MR) is 60.1 cm³/mol. The van der Waals surface area contributed by atoms with Crippen LogP contribution >= 0.6 is 15.9 Å². The molecule has 0 bridgehead atoms. The summed E-state index contributed by atoms with van der Waals surface area (Å²) in [7, 11) is 0. The van der Waals surface area contributed by atoms with Crippen LogP contribution in [0.2, 0.25) is 0 Å². The average molecular weight is 255 g/mol. The van der Waals surface area contributed by atoms with E-state index < -0.39 is 0 Å². The van der Waals surface area contributed by atoms with Gasteiger partial charge in [-0.15, -0.1) is 6.58 Å². The van der Waals surface area contributed by atoms with Crippen LogP contribution in [0.15, 0.2) is 29.4 Å². The fraction of sp³-hybridized carbons (Fsp3) is 0.200. The maximum Gasteiger partial charge on any atom is 0.228 e. The first kappa shape index (κ1) is 10.9. The van der Waals surface area contributed by atoms with Crippen LogP contribution in [0.25, 0.3) is 0 Å². The van der Waals surface area contributed by atoms with E-state index in [1.165, 1.54) is 0 Å². The van der Waals surface area contributed by atoms with Gasteiger partial charge in [0.1, 0.15) is 4.60 Å².